The Hall–Kier alpha value is -1.10. The largest absolute Gasteiger partial charge is 0.335 e. The van der Waals surface area contributed by atoms with Gasteiger partial charge in [-0.15, -0.1) is 0 Å². The lowest BCUT2D eigenvalue weighted by Crippen LogP contribution is -2.43. The summed E-state index contributed by atoms with van der Waals surface area (Å²) < 4.78 is 0. The predicted octanol–water partition coefficient (Wildman–Crippen LogP) is 3.57. The minimum Gasteiger partial charge on any atom is -0.335 e. The summed E-state index contributed by atoms with van der Waals surface area (Å²) >= 11 is 1.89. The summed E-state index contributed by atoms with van der Waals surface area (Å²) in [6.45, 7) is 5.01. The van der Waals surface area contributed by atoms with Crippen LogP contribution in [0.3, 0.4) is 0 Å². The van der Waals surface area contributed by atoms with Crippen LogP contribution >= 0.6 is 11.8 Å². The number of aromatic nitrogens is 2. The highest BCUT2D eigenvalue weighted by molar-refractivity contribution is 7.99. The highest BCUT2D eigenvalue weighted by atomic mass is 32.2. The molecule has 2 rings (SSSR count). The average molecular weight is 321 g/mol. The minimum absolute atomic E-state index is 0.103. The van der Waals surface area contributed by atoms with E-state index in [2.05, 4.69) is 21.8 Å². The summed E-state index contributed by atoms with van der Waals surface area (Å²) in [5.74, 6) is 3.00. The SMILES string of the molecule is CCSCCN(C(=O)c1cnc(CC)nc1)C1CCCCC1. The molecule has 5 heteroatoms. The van der Waals surface area contributed by atoms with Crippen molar-refractivity contribution in [1.82, 2.24) is 14.9 Å². The quantitative estimate of drug-likeness (QED) is 0.720. The number of nitrogens with zero attached hydrogens (tertiary/aromatic N) is 3. The van der Waals surface area contributed by atoms with Gasteiger partial charge in [0.25, 0.3) is 5.91 Å². The molecular weight excluding hydrogens is 294 g/mol. The highest BCUT2D eigenvalue weighted by Crippen LogP contribution is 2.24. The lowest BCUT2D eigenvalue weighted by atomic mass is 9.94. The van der Waals surface area contributed by atoms with Gasteiger partial charge >= 0.3 is 0 Å². The van der Waals surface area contributed by atoms with E-state index in [4.69, 9.17) is 0 Å². The fourth-order valence-corrected chi connectivity index (χ4v) is 3.58. The van der Waals surface area contributed by atoms with Gasteiger partial charge in [0, 0.05) is 37.2 Å². The van der Waals surface area contributed by atoms with Crippen LogP contribution in [0.4, 0.5) is 0 Å². The molecule has 22 heavy (non-hydrogen) atoms. The van der Waals surface area contributed by atoms with Crippen LogP contribution in [0.2, 0.25) is 0 Å². The van der Waals surface area contributed by atoms with E-state index in [9.17, 15) is 4.79 Å². The molecule has 0 aromatic carbocycles. The van der Waals surface area contributed by atoms with Crippen molar-refractivity contribution in [2.45, 2.75) is 58.4 Å². The van der Waals surface area contributed by atoms with Gasteiger partial charge in [-0.2, -0.15) is 11.8 Å². The summed E-state index contributed by atoms with van der Waals surface area (Å²) in [5, 5.41) is 0. The first kappa shape index (κ1) is 17.3. The number of amides is 1. The Kier molecular flexibility index (Phi) is 7.16. The number of hydrogen-bond donors (Lipinski definition) is 0. The van der Waals surface area contributed by atoms with Gasteiger partial charge in [0.2, 0.25) is 0 Å². The molecule has 1 aromatic heterocycles. The van der Waals surface area contributed by atoms with Crippen molar-refractivity contribution in [3.8, 4) is 0 Å². The van der Waals surface area contributed by atoms with Gasteiger partial charge in [-0.1, -0.05) is 33.1 Å². The van der Waals surface area contributed by atoms with Crippen molar-refractivity contribution in [1.29, 1.82) is 0 Å². The molecule has 0 aliphatic heterocycles. The third-order valence-electron chi connectivity index (χ3n) is 4.23. The fraction of sp³-hybridized carbons (Fsp3) is 0.706. The van der Waals surface area contributed by atoms with E-state index in [1.807, 2.05) is 18.7 Å². The van der Waals surface area contributed by atoms with Crippen LogP contribution < -0.4 is 0 Å². The summed E-state index contributed by atoms with van der Waals surface area (Å²) in [7, 11) is 0. The van der Waals surface area contributed by atoms with Crippen molar-refractivity contribution in [3.63, 3.8) is 0 Å². The molecule has 1 saturated carbocycles. The number of thioether (sulfide) groups is 1. The fourth-order valence-electron chi connectivity index (χ4n) is 2.96. The smallest absolute Gasteiger partial charge is 0.257 e. The zero-order valence-electron chi connectivity index (χ0n) is 13.8. The maximum absolute atomic E-state index is 12.9. The van der Waals surface area contributed by atoms with E-state index in [-0.39, 0.29) is 5.91 Å². The number of carbonyl (C=O) groups is 1. The molecule has 0 atom stereocenters. The van der Waals surface area contributed by atoms with E-state index in [0.717, 1.165) is 43.1 Å². The Labute approximate surface area is 138 Å². The second-order valence-corrected chi connectivity index (χ2v) is 7.12. The van der Waals surface area contributed by atoms with Crippen LogP contribution in [0, 0.1) is 0 Å². The lowest BCUT2D eigenvalue weighted by Gasteiger charge is -2.34. The Bertz CT molecular complexity index is 457. The summed E-state index contributed by atoms with van der Waals surface area (Å²) in [6, 6.07) is 0.393. The van der Waals surface area contributed by atoms with Gasteiger partial charge in [0.05, 0.1) is 5.56 Å². The van der Waals surface area contributed by atoms with Crippen LogP contribution in [0.1, 0.15) is 62.1 Å². The molecule has 0 unspecified atom stereocenters. The van der Waals surface area contributed by atoms with Crippen molar-refractivity contribution >= 4 is 17.7 Å². The van der Waals surface area contributed by atoms with Gasteiger partial charge in [-0.25, -0.2) is 9.97 Å². The molecule has 1 heterocycles. The van der Waals surface area contributed by atoms with Gasteiger partial charge in [-0.05, 0) is 18.6 Å². The van der Waals surface area contributed by atoms with Crippen LogP contribution in [0.5, 0.6) is 0 Å². The average Bonchev–Trinajstić information content (AvgIpc) is 2.59. The van der Waals surface area contributed by atoms with Gasteiger partial charge in [0.1, 0.15) is 5.82 Å². The van der Waals surface area contributed by atoms with Crippen molar-refractivity contribution in [2.24, 2.45) is 0 Å². The maximum atomic E-state index is 12.9. The van der Waals surface area contributed by atoms with Gasteiger partial charge in [-0.3, -0.25) is 4.79 Å². The normalized spacial score (nSPS) is 15.7. The second kappa shape index (κ2) is 9.13. The molecule has 4 nitrogen and oxygen atoms in total. The van der Waals surface area contributed by atoms with Crippen LogP contribution in [-0.2, 0) is 6.42 Å². The number of aryl methyl sites for hydroxylation is 1. The molecule has 0 bridgehead atoms. The topological polar surface area (TPSA) is 46.1 Å². The Morgan fingerprint density at radius 1 is 1.23 bits per heavy atom. The summed E-state index contributed by atoms with van der Waals surface area (Å²) in [6.07, 6.45) is 10.2. The predicted molar refractivity (Wildman–Crippen MR) is 92.3 cm³/mol. The van der Waals surface area contributed by atoms with Crippen molar-refractivity contribution in [3.05, 3.63) is 23.8 Å². The summed E-state index contributed by atoms with van der Waals surface area (Å²) in [5.41, 5.74) is 0.629. The highest BCUT2D eigenvalue weighted by Gasteiger charge is 2.26. The minimum atomic E-state index is 0.103. The molecule has 1 fully saturated rings. The third-order valence-corrected chi connectivity index (χ3v) is 5.10. The molecule has 1 aliphatic rings. The zero-order valence-corrected chi connectivity index (χ0v) is 14.6. The first-order valence-corrected chi connectivity index (χ1v) is 9.61. The monoisotopic (exact) mass is 321 g/mol. The van der Waals surface area contributed by atoms with Crippen molar-refractivity contribution in [2.75, 3.05) is 18.1 Å². The number of hydrogen-bond acceptors (Lipinski definition) is 4. The zero-order chi connectivity index (χ0) is 15.8. The second-order valence-electron chi connectivity index (χ2n) is 5.73. The molecule has 1 aromatic rings. The number of rotatable bonds is 7. The van der Waals surface area contributed by atoms with Crippen LogP contribution in [0.15, 0.2) is 12.4 Å². The first-order chi connectivity index (χ1) is 10.8. The first-order valence-electron chi connectivity index (χ1n) is 8.45. The van der Waals surface area contributed by atoms with Gasteiger partial charge in [0.15, 0.2) is 0 Å². The Balaban J connectivity index is 2.08. The van der Waals surface area contributed by atoms with E-state index < -0.39 is 0 Å². The van der Waals surface area contributed by atoms with Crippen LogP contribution in [0.25, 0.3) is 0 Å². The van der Waals surface area contributed by atoms with Crippen LogP contribution in [-0.4, -0.2) is 44.9 Å². The lowest BCUT2D eigenvalue weighted by molar-refractivity contribution is 0.0649. The van der Waals surface area contributed by atoms with E-state index in [1.54, 1.807) is 12.4 Å². The molecule has 1 amide bonds. The standard InChI is InChI=1S/C17H27N3OS/c1-3-16-18-12-14(13-19-16)17(21)20(10-11-22-4-2)15-8-6-5-7-9-15/h12-13,15H,3-11H2,1-2H3. The molecule has 0 radical (unpaired) electrons. The maximum Gasteiger partial charge on any atom is 0.257 e. The van der Waals surface area contributed by atoms with Gasteiger partial charge < -0.3 is 4.90 Å². The van der Waals surface area contributed by atoms with E-state index in [1.165, 1.54) is 19.3 Å². The van der Waals surface area contributed by atoms with E-state index in [0.29, 0.717) is 11.6 Å². The van der Waals surface area contributed by atoms with E-state index >= 15 is 0 Å². The summed E-state index contributed by atoms with van der Waals surface area (Å²) in [4.78, 5) is 23.5. The molecular formula is C17H27N3OS. The molecule has 1 aliphatic carbocycles. The third kappa shape index (κ3) is 4.70. The molecule has 0 saturated heterocycles. The van der Waals surface area contributed by atoms with Crippen molar-refractivity contribution < 1.29 is 4.79 Å². The Morgan fingerprint density at radius 3 is 2.50 bits per heavy atom. The Morgan fingerprint density at radius 2 is 1.91 bits per heavy atom. The molecule has 122 valence electrons. The molecule has 0 spiro atoms. The number of carbonyl (C=O) groups excluding carboxylic acids is 1. The molecule has 0 N–H and O–H groups in total.